The lowest BCUT2D eigenvalue weighted by Crippen LogP contribution is -1.99. The van der Waals surface area contributed by atoms with Crippen LogP contribution in [0.5, 0.6) is 0 Å². The van der Waals surface area contributed by atoms with Gasteiger partial charge in [0.25, 0.3) is 0 Å². The van der Waals surface area contributed by atoms with E-state index in [9.17, 15) is 9.90 Å². The standard InChI is InChI=1S/C11H14O3/c1-7(2)8-3-5-10(12)9(8)4-6-11(13)14/h4,6,8,12H,1,3,5H2,2H3,(H,13,14). The predicted molar refractivity (Wildman–Crippen MR) is 54.0 cm³/mol. The molecule has 14 heavy (non-hydrogen) atoms. The summed E-state index contributed by atoms with van der Waals surface area (Å²) in [5.74, 6) is -0.612. The maximum atomic E-state index is 10.3. The number of carboxylic acids is 1. The van der Waals surface area contributed by atoms with Crippen molar-refractivity contribution in [1.29, 1.82) is 0 Å². The van der Waals surface area contributed by atoms with Crippen LogP contribution < -0.4 is 0 Å². The molecule has 0 fully saturated rings. The van der Waals surface area contributed by atoms with Gasteiger partial charge in [-0.2, -0.15) is 0 Å². The molecule has 0 heterocycles. The molecule has 0 aliphatic heterocycles. The van der Waals surface area contributed by atoms with Crippen molar-refractivity contribution in [2.45, 2.75) is 19.8 Å². The van der Waals surface area contributed by atoms with E-state index >= 15 is 0 Å². The number of hydrogen-bond donors (Lipinski definition) is 2. The number of aliphatic carboxylic acids is 1. The molecule has 0 amide bonds. The largest absolute Gasteiger partial charge is 0.512 e. The fraction of sp³-hybridized carbons (Fsp3) is 0.364. The third kappa shape index (κ3) is 2.25. The molecule has 1 unspecified atom stereocenters. The molecule has 0 aromatic carbocycles. The zero-order chi connectivity index (χ0) is 10.7. The van der Waals surface area contributed by atoms with Gasteiger partial charge in [0, 0.05) is 18.4 Å². The Labute approximate surface area is 83.1 Å². The van der Waals surface area contributed by atoms with E-state index in [0.717, 1.165) is 18.1 Å². The van der Waals surface area contributed by atoms with E-state index in [1.165, 1.54) is 6.08 Å². The molecule has 2 N–H and O–H groups in total. The fourth-order valence-electron chi connectivity index (χ4n) is 1.67. The van der Waals surface area contributed by atoms with Gasteiger partial charge in [0.1, 0.15) is 0 Å². The van der Waals surface area contributed by atoms with Gasteiger partial charge in [0.15, 0.2) is 0 Å². The molecule has 0 spiro atoms. The van der Waals surface area contributed by atoms with E-state index in [2.05, 4.69) is 6.58 Å². The van der Waals surface area contributed by atoms with Crippen LogP contribution in [0.4, 0.5) is 0 Å². The lowest BCUT2D eigenvalue weighted by molar-refractivity contribution is -0.131. The summed E-state index contributed by atoms with van der Waals surface area (Å²) < 4.78 is 0. The second kappa shape index (κ2) is 4.13. The van der Waals surface area contributed by atoms with Crippen LogP contribution in [-0.4, -0.2) is 16.2 Å². The quantitative estimate of drug-likeness (QED) is 0.536. The highest BCUT2D eigenvalue weighted by Gasteiger charge is 2.23. The minimum absolute atomic E-state index is 0.102. The molecule has 3 heteroatoms. The Morgan fingerprint density at radius 3 is 2.79 bits per heavy atom. The van der Waals surface area contributed by atoms with Gasteiger partial charge in [-0.15, -0.1) is 0 Å². The van der Waals surface area contributed by atoms with Gasteiger partial charge in [-0.25, -0.2) is 4.79 Å². The first kappa shape index (κ1) is 10.6. The summed E-state index contributed by atoms with van der Waals surface area (Å²) in [5, 5.41) is 18.0. The number of hydrogen-bond acceptors (Lipinski definition) is 2. The van der Waals surface area contributed by atoms with Crippen molar-refractivity contribution in [1.82, 2.24) is 0 Å². The molecule has 0 aromatic rings. The Bertz CT molecular complexity index is 323. The van der Waals surface area contributed by atoms with E-state index in [1.807, 2.05) is 6.92 Å². The van der Waals surface area contributed by atoms with E-state index < -0.39 is 5.97 Å². The molecule has 1 aliphatic rings. The van der Waals surface area contributed by atoms with E-state index in [-0.39, 0.29) is 11.7 Å². The Morgan fingerprint density at radius 1 is 1.64 bits per heavy atom. The van der Waals surface area contributed by atoms with Crippen molar-refractivity contribution in [2.24, 2.45) is 5.92 Å². The lowest BCUT2D eigenvalue weighted by atomic mass is 9.94. The van der Waals surface area contributed by atoms with Gasteiger partial charge in [-0.05, 0) is 25.0 Å². The summed E-state index contributed by atoms with van der Waals surface area (Å²) in [6.45, 7) is 5.71. The van der Waals surface area contributed by atoms with Gasteiger partial charge in [-0.1, -0.05) is 12.2 Å². The van der Waals surface area contributed by atoms with Crippen LogP contribution in [0, 0.1) is 5.92 Å². The molecule has 76 valence electrons. The molecule has 0 saturated heterocycles. The maximum Gasteiger partial charge on any atom is 0.328 e. The van der Waals surface area contributed by atoms with Crippen LogP contribution in [0.15, 0.2) is 35.6 Å². The Balaban J connectivity index is 2.87. The van der Waals surface area contributed by atoms with Gasteiger partial charge < -0.3 is 10.2 Å². The molecule has 1 rings (SSSR count). The molecule has 0 bridgehead atoms. The Kier molecular flexibility index (Phi) is 3.12. The number of rotatable bonds is 3. The van der Waals surface area contributed by atoms with Crippen LogP contribution in [0.1, 0.15) is 19.8 Å². The summed E-state index contributed by atoms with van der Waals surface area (Å²) in [5.41, 5.74) is 1.65. The SMILES string of the molecule is C=C(C)C1CCC(O)=C1C=CC(=O)O. The van der Waals surface area contributed by atoms with Crippen molar-refractivity contribution in [2.75, 3.05) is 0 Å². The molecular weight excluding hydrogens is 180 g/mol. The first-order valence-electron chi connectivity index (χ1n) is 4.50. The summed E-state index contributed by atoms with van der Waals surface area (Å²) in [4.78, 5) is 10.3. The summed E-state index contributed by atoms with van der Waals surface area (Å²) >= 11 is 0. The van der Waals surface area contributed by atoms with E-state index in [0.29, 0.717) is 12.0 Å². The highest BCUT2D eigenvalue weighted by Crippen LogP contribution is 2.35. The van der Waals surface area contributed by atoms with Crippen molar-refractivity contribution in [3.8, 4) is 0 Å². The molecule has 1 aliphatic carbocycles. The second-order valence-corrected chi connectivity index (χ2v) is 3.51. The summed E-state index contributed by atoms with van der Waals surface area (Å²) in [6, 6.07) is 0. The molecule has 0 aromatic heterocycles. The van der Waals surface area contributed by atoms with E-state index in [4.69, 9.17) is 5.11 Å². The van der Waals surface area contributed by atoms with Crippen LogP contribution >= 0.6 is 0 Å². The smallest absolute Gasteiger partial charge is 0.328 e. The highest BCUT2D eigenvalue weighted by atomic mass is 16.4. The average Bonchev–Trinajstić information content (AvgIpc) is 2.43. The molecule has 3 nitrogen and oxygen atoms in total. The number of allylic oxidation sites excluding steroid dienone is 4. The van der Waals surface area contributed by atoms with Crippen LogP contribution in [-0.2, 0) is 4.79 Å². The van der Waals surface area contributed by atoms with Gasteiger partial charge in [-0.3, -0.25) is 0 Å². The van der Waals surface area contributed by atoms with Gasteiger partial charge in [0.2, 0.25) is 0 Å². The maximum absolute atomic E-state index is 10.3. The third-order valence-corrected chi connectivity index (χ3v) is 2.38. The average molecular weight is 194 g/mol. The highest BCUT2D eigenvalue weighted by molar-refractivity contribution is 5.80. The number of aliphatic hydroxyl groups excluding tert-OH is 1. The molecular formula is C11H14O3. The fourth-order valence-corrected chi connectivity index (χ4v) is 1.67. The zero-order valence-electron chi connectivity index (χ0n) is 8.16. The molecule has 1 atom stereocenters. The van der Waals surface area contributed by atoms with Crippen molar-refractivity contribution >= 4 is 5.97 Å². The second-order valence-electron chi connectivity index (χ2n) is 3.51. The zero-order valence-corrected chi connectivity index (χ0v) is 8.16. The topological polar surface area (TPSA) is 57.5 Å². The normalized spacial score (nSPS) is 21.9. The Hall–Kier alpha value is -1.51. The monoisotopic (exact) mass is 194 g/mol. The number of carbonyl (C=O) groups is 1. The van der Waals surface area contributed by atoms with Crippen molar-refractivity contribution < 1.29 is 15.0 Å². The minimum atomic E-state index is -1.00. The molecule has 0 saturated carbocycles. The number of aliphatic hydroxyl groups is 1. The minimum Gasteiger partial charge on any atom is -0.512 e. The predicted octanol–water partition coefficient (Wildman–Crippen LogP) is 2.43. The van der Waals surface area contributed by atoms with Crippen LogP contribution in [0.25, 0.3) is 0 Å². The van der Waals surface area contributed by atoms with Crippen molar-refractivity contribution in [3.63, 3.8) is 0 Å². The van der Waals surface area contributed by atoms with Crippen LogP contribution in [0.3, 0.4) is 0 Å². The van der Waals surface area contributed by atoms with Crippen LogP contribution in [0.2, 0.25) is 0 Å². The number of carboxylic acid groups (broad SMARTS) is 1. The van der Waals surface area contributed by atoms with Crippen molar-refractivity contribution in [3.05, 3.63) is 35.6 Å². The Morgan fingerprint density at radius 2 is 2.29 bits per heavy atom. The third-order valence-electron chi connectivity index (χ3n) is 2.38. The molecule has 0 radical (unpaired) electrons. The van der Waals surface area contributed by atoms with E-state index in [1.54, 1.807) is 0 Å². The first-order valence-corrected chi connectivity index (χ1v) is 4.50. The van der Waals surface area contributed by atoms with Gasteiger partial charge >= 0.3 is 5.97 Å². The first-order chi connectivity index (χ1) is 6.52. The summed E-state index contributed by atoms with van der Waals surface area (Å²) in [7, 11) is 0. The summed E-state index contributed by atoms with van der Waals surface area (Å²) in [6.07, 6.45) is 3.94. The van der Waals surface area contributed by atoms with Gasteiger partial charge in [0.05, 0.1) is 5.76 Å². The lowest BCUT2D eigenvalue weighted by Gasteiger charge is -2.10.